The van der Waals surface area contributed by atoms with Crippen molar-refractivity contribution in [2.24, 2.45) is 5.73 Å². The van der Waals surface area contributed by atoms with E-state index in [9.17, 15) is 17.2 Å². The number of hydrogen-bond acceptors (Lipinski definition) is 4. The molecule has 0 atom stereocenters. The SMILES string of the molecule is NCCn1cc(S(=O)(=O)Nc2ccc(F)c(F)c2)cn1. The summed E-state index contributed by atoms with van der Waals surface area (Å²) in [6.07, 6.45) is 2.45. The van der Waals surface area contributed by atoms with Gasteiger partial charge in [0.05, 0.1) is 18.4 Å². The number of aromatic nitrogens is 2. The Bertz CT molecular complexity index is 715. The van der Waals surface area contributed by atoms with E-state index in [1.165, 1.54) is 10.9 Å². The van der Waals surface area contributed by atoms with Crippen LogP contribution in [0.25, 0.3) is 0 Å². The fourth-order valence-electron chi connectivity index (χ4n) is 1.51. The highest BCUT2D eigenvalue weighted by Gasteiger charge is 2.17. The topological polar surface area (TPSA) is 90.0 Å². The Morgan fingerprint density at radius 1 is 1.30 bits per heavy atom. The summed E-state index contributed by atoms with van der Waals surface area (Å²) >= 11 is 0. The van der Waals surface area contributed by atoms with E-state index in [0.717, 1.165) is 24.4 Å². The summed E-state index contributed by atoms with van der Waals surface area (Å²) in [4.78, 5) is -0.0873. The highest BCUT2D eigenvalue weighted by molar-refractivity contribution is 7.92. The number of benzene rings is 1. The van der Waals surface area contributed by atoms with Crippen LogP contribution in [0, 0.1) is 11.6 Å². The predicted molar refractivity (Wildman–Crippen MR) is 68.4 cm³/mol. The maximum absolute atomic E-state index is 13.0. The molecule has 1 aromatic carbocycles. The molecule has 2 aromatic rings. The van der Waals surface area contributed by atoms with Crippen LogP contribution < -0.4 is 10.5 Å². The maximum atomic E-state index is 13.0. The Morgan fingerprint density at radius 3 is 2.70 bits per heavy atom. The molecule has 0 saturated heterocycles. The van der Waals surface area contributed by atoms with E-state index in [2.05, 4.69) is 9.82 Å². The Hall–Kier alpha value is -2.00. The summed E-state index contributed by atoms with van der Waals surface area (Å²) in [5.41, 5.74) is 5.26. The molecule has 0 spiro atoms. The van der Waals surface area contributed by atoms with Gasteiger partial charge in [-0.2, -0.15) is 5.10 Å². The first kappa shape index (κ1) is 14.4. The number of nitrogens with one attached hydrogen (secondary N) is 1. The van der Waals surface area contributed by atoms with Gasteiger partial charge in [0.1, 0.15) is 4.90 Å². The molecule has 20 heavy (non-hydrogen) atoms. The molecule has 1 aromatic heterocycles. The number of nitrogens with zero attached hydrogens (tertiary/aromatic N) is 2. The zero-order valence-corrected chi connectivity index (χ0v) is 11.1. The summed E-state index contributed by atoms with van der Waals surface area (Å²) in [6.45, 7) is 0.693. The number of rotatable bonds is 5. The molecule has 0 aliphatic heterocycles. The predicted octanol–water partition coefficient (Wildman–Crippen LogP) is 0.921. The monoisotopic (exact) mass is 302 g/mol. The molecule has 1 heterocycles. The second kappa shape index (κ2) is 5.55. The summed E-state index contributed by atoms with van der Waals surface area (Å²) in [5.74, 6) is -2.19. The van der Waals surface area contributed by atoms with Crippen molar-refractivity contribution < 1.29 is 17.2 Å². The van der Waals surface area contributed by atoms with Crippen molar-refractivity contribution >= 4 is 15.7 Å². The van der Waals surface area contributed by atoms with Gasteiger partial charge < -0.3 is 5.73 Å². The van der Waals surface area contributed by atoms with E-state index in [1.54, 1.807) is 0 Å². The smallest absolute Gasteiger partial charge is 0.265 e. The van der Waals surface area contributed by atoms with Gasteiger partial charge >= 0.3 is 0 Å². The van der Waals surface area contributed by atoms with E-state index in [-0.39, 0.29) is 10.6 Å². The number of nitrogens with two attached hydrogens (primary N) is 1. The van der Waals surface area contributed by atoms with E-state index >= 15 is 0 Å². The maximum Gasteiger partial charge on any atom is 0.265 e. The molecule has 6 nitrogen and oxygen atoms in total. The van der Waals surface area contributed by atoms with Crippen molar-refractivity contribution in [2.45, 2.75) is 11.4 Å². The number of hydrogen-bond donors (Lipinski definition) is 2. The van der Waals surface area contributed by atoms with Gasteiger partial charge in [0, 0.05) is 18.8 Å². The zero-order chi connectivity index (χ0) is 14.8. The standard InChI is InChI=1S/C11H12F2N4O2S/c12-10-2-1-8(5-11(10)13)16-20(18,19)9-6-15-17(7-9)4-3-14/h1-2,5-7,16H,3-4,14H2. The van der Waals surface area contributed by atoms with Crippen LogP contribution in [0.2, 0.25) is 0 Å². The molecule has 0 aliphatic rings. The fourth-order valence-corrected chi connectivity index (χ4v) is 2.51. The minimum Gasteiger partial charge on any atom is -0.329 e. The molecule has 0 amide bonds. The second-order valence-electron chi connectivity index (χ2n) is 3.96. The van der Waals surface area contributed by atoms with Crippen molar-refractivity contribution in [3.63, 3.8) is 0 Å². The van der Waals surface area contributed by atoms with Gasteiger partial charge in [-0.05, 0) is 12.1 Å². The zero-order valence-electron chi connectivity index (χ0n) is 10.3. The molecular formula is C11H12F2N4O2S. The average molecular weight is 302 g/mol. The summed E-state index contributed by atoms with van der Waals surface area (Å²) < 4.78 is 53.3. The van der Waals surface area contributed by atoms with Gasteiger partial charge in [-0.25, -0.2) is 17.2 Å². The third-order valence-corrected chi connectivity index (χ3v) is 3.79. The average Bonchev–Trinajstić information content (AvgIpc) is 2.83. The van der Waals surface area contributed by atoms with Gasteiger partial charge in [0.25, 0.3) is 10.0 Å². The molecule has 108 valence electrons. The van der Waals surface area contributed by atoms with Crippen LogP contribution in [0.3, 0.4) is 0 Å². The highest BCUT2D eigenvalue weighted by atomic mass is 32.2. The molecule has 0 bridgehead atoms. The second-order valence-corrected chi connectivity index (χ2v) is 5.64. The van der Waals surface area contributed by atoms with Crippen LogP contribution in [0.15, 0.2) is 35.5 Å². The minimum absolute atomic E-state index is 0.0736. The van der Waals surface area contributed by atoms with Crippen molar-refractivity contribution in [3.05, 3.63) is 42.2 Å². The molecule has 2 rings (SSSR count). The van der Waals surface area contributed by atoms with E-state index < -0.39 is 21.7 Å². The Kier molecular flexibility index (Phi) is 4.00. The van der Waals surface area contributed by atoms with Gasteiger partial charge in [0.15, 0.2) is 11.6 Å². The van der Waals surface area contributed by atoms with Crippen LogP contribution in [0.1, 0.15) is 0 Å². The lowest BCUT2D eigenvalue weighted by Gasteiger charge is -2.06. The van der Waals surface area contributed by atoms with Crippen molar-refractivity contribution in [3.8, 4) is 0 Å². The Balaban J connectivity index is 2.23. The first-order valence-electron chi connectivity index (χ1n) is 5.63. The van der Waals surface area contributed by atoms with E-state index in [1.807, 2.05) is 0 Å². The summed E-state index contributed by atoms with van der Waals surface area (Å²) in [7, 11) is -3.90. The normalized spacial score (nSPS) is 11.6. The lowest BCUT2D eigenvalue weighted by molar-refractivity contribution is 0.509. The fraction of sp³-hybridized carbons (Fsp3) is 0.182. The third kappa shape index (κ3) is 3.11. The third-order valence-electron chi connectivity index (χ3n) is 2.45. The first-order chi connectivity index (χ1) is 9.42. The van der Waals surface area contributed by atoms with Gasteiger partial charge in [-0.15, -0.1) is 0 Å². The number of anilines is 1. The van der Waals surface area contributed by atoms with Crippen molar-refractivity contribution in [1.82, 2.24) is 9.78 Å². The van der Waals surface area contributed by atoms with Crippen LogP contribution >= 0.6 is 0 Å². The van der Waals surface area contributed by atoms with Gasteiger partial charge in [-0.3, -0.25) is 9.40 Å². The number of halogens is 2. The van der Waals surface area contributed by atoms with Crippen LogP contribution in [0.5, 0.6) is 0 Å². The Labute approximate surface area is 114 Å². The highest BCUT2D eigenvalue weighted by Crippen LogP contribution is 2.17. The Morgan fingerprint density at radius 2 is 2.05 bits per heavy atom. The molecule has 0 saturated carbocycles. The van der Waals surface area contributed by atoms with Crippen LogP contribution in [0.4, 0.5) is 14.5 Å². The van der Waals surface area contributed by atoms with E-state index in [0.29, 0.717) is 13.1 Å². The summed E-state index contributed by atoms with van der Waals surface area (Å²) in [5, 5.41) is 3.83. The van der Waals surface area contributed by atoms with E-state index in [4.69, 9.17) is 5.73 Å². The lowest BCUT2D eigenvalue weighted by Crippen LogP contribution is -2.13. The first-order valence-corrected chi connectivity index (χ1v) is 7.11. The molecule has 0 radical (unpaired) electrons. The van der Waals surface area contributed by atoms with Crippen LogP contribution in [-0.4, -0.2) is 24.7 Å². The van der Waals surface area contributed by atoms with Crippen molar-refractivity contribution in [1.29, 1.82) is 0 Å². The summed E-state index contributed by atoms with van der Waals surface area (Å²) in [6, 6.07) is 2.72. The van der Waals surface area contributed by atoms with Crippen LogP contribution in [-0.2, 0) is 16.6 Å². The molecule has 0 unspecified atom stereocenters. The number of sulfonamides is 1. The lowest BCUT2D eigenvalue weighted by atomic mass is 10.3. The largest absolute Gasteiger partial charge is 0.329 e. The molecule has 0 aliphatic carbocycles. The quantitative estimate of drug-likeness (QED) is 0.859. The molecular weight excluding hydrogens is 290 g/mol. The molecule has 3 N–H and O–H groups in total. The van der Waals surface area contributed by atoms with Crippen molar-refractivity contribution in [2.75, 3.05) is 11.3 Å². The minimum atomic E-state index is -3.90. The van der Waals surface area contributed by atoms with Gasteiger partial charge in [-0.1, -0.05) is 0 Å². The molecule has 0 fully saturated rings. The van der Waals surface area contributed by atoms with Gasteiger partial charge in [0.2, 0.25) is 0 Å². The molecule has 9 heteroatoms.